The van der Waals surface area contributed by atoms with Gasteiger partial charge in [-0.15, -0.1) is 0 Å². The monoisotopic (exact) mass is 838 g/mol. The zero-order valence-corrected chi connectivity index (χ0v) is 27.2. The van der Waals surface area contributed by atoms with Crippen LogP contribution in [0.1, 0.15) is 50.6 Å². The van der Waals surface area contributed by atoms with Crippen LogP contribution in [-0.4, -0.2) is 40.9 Å². The summed E-state index contributed by atoms with van der Waals surface area (Å²) in [5.74, 6) is -6.36. The zero-order valence-electron chi connectivity index (χ0n) is 25.6. The largest absolute Gasteiger partial charge is 0.471 e. The third kappa shape index (κ3) is 7.81. The van der Waals surface area contributed by atoms with Crippen LogP contribution in [0.15, 0.2) is 63.6 Å². The molecule has 0 bridgehead atoms. The lowest BCUT2D eigenvalue weighted by Crippen LogP contribution is -2.50. The highest BCUT2D eigenvalue weighted by Gasteiger charge is 2.73. The van der Waals surface area contributed by atoms with E-state index >= 15 is 4.39 Å². The first-order valence-electron chi connectivity index (χ1n) is 14.5. The minimum absolute atomic E-state index is 0.00849. The predicted molar refractivity (Wildman–Crippen MR) is 158 cm³/mol. The Bertz CT molecular complexity index is 2020. The molecule has 1 N–H and O–H groups in total. The fraction of sp³-hybridized carbons (Fsp3) is 0.290. The number of halogens is 15. The van der Waals surface area contributed by atoms with Crippen LogP contribution in [0.25, 0.3) is 11.4 Å². The van der Waals surface area contributed by atoms with E-state index in [2.05, 4.69) is 30.6 Å². The molecule has 3 aromatic carbocycles. The topological polar surface area (TPSA) is 88.3 Å². The van der Waals surface area contributed by atoms with Gasteiger partial charge in [0.05, 0.1) is 22.5 Å². The van der Waals surface area contributed by atoms with Crippen molar-refractivity contribution < 1.29 is 75.6 Å². The van der Waals surface area contributed by atoms with Gasteiger partial charge < -0.3 is 14.7 Å². The van der Waals surface area contributed by atoms with Crippen molar-refractivity contribution in [3.63, 3.8) is 0 Å². The maximum absolute atomic E-state index is 16.0. The number of carbonyl (C=O) groups excluding carboxylic acids is 2. The van der Waals surface area contributed by atoms with Crippen LogP contribution in [0.5, 0.6) is 0 Å². The highest BCUT2D eigenvalue weighted by molar-refractivity contribution is 9.10. The Morgan fingerprint density at radius 1 is 0.849 bits per heavy atom. The molecule has 4 aromatic rings. The molecule has 5 rings (SSSR count). The maximum Gasteiger partial charge on any atom is 0.471 e. The van der Waals surface area contributed by atoms with Crippen molar-refractivity contribution in [2.45, 2.75) is 43.2 Å². The Morgan fingerprint density at radius 2 is 1.45 bits per heavy atom. The summed E-state index contributed by atoms with van der Waals surface area (Å²) >= 11 is 2.36. The predicted octanol–water partition coefficient (Wildman–Crippen LogP) is 10.3. The van der Waals surface area contributed by atoms with Crippen molar-refractivity contribution in [3.8, 4) is 11.4 Å². The normalized spacial score (nSPS) is 14.3. The molecule has 22 heteroatoms. The van der Waals surface area contributed by atoms with Crippen molar-refractivity contribution in [2.75, 3.05) is 16.8 Å². The third-order valence-corrected chi connectivity index (χ3v) is 8.39. The van der Waals surface area contributed by atoms with Gasteiger partial charge in [0.1, 0.15) is 0 Å². The van der Waals surface area contributed by atoms with E-state index in [1.807, 2.05) is 0 Å². The summed E-state index contributed by atoms with van der Waals surface area (Å²) in [7, 11) is 0. The molecular formula is C31H17BrF14N4O3. The second kappa shape index (κ2) is 13.6. The van der Waals surface area contributed by atoms with Crippen LogP contribution in [0.4, 0.5) is 72.8 Å². The summed E-state index contributed by atoms with van der Waals surface area (Å²) in [6.45, 7) is -0.142. The molecule has 284 valence electrons. The summed E-state index contributed by atoms with van der Waals surface area (Å²) in [6, 6.07) is 6.33. The second-order valence-corrected chi connectivity index (χ2v) is 12.3. The molecule has 0 unspecified atom stereocenters. The van der Waals surface area contributed by atoms with Crippen LogP contribution < -0.4 is 10.2 Å². The lowest BCUT2D eigenvalue weighted by molar-refractivity contribution is -0.348. The number of alkyl halides is 13. The number of hydrogen-bond donors (Lipinski definition) is 1. The molecule has 1 heterocycles. The molecule has 7 nitrogen and oxygen atoms in total. The Labute approximate surface area is 295 Å². The third-order valence-electron chi connectivity index (χ3n) is 7.77. The summed E-state index contributed by atoms with van der Waals surface area (Å²) in [5, 5.41) is 4.81. The van der Waals surface area contributed by atoms with E-state index in [1.165, 1.54) is 0 Å². The van der Waals surface area contributed by atoms with Gasteiger partial charge in [0, 0.05) is 27.7 Å². The second-order valence-electron chi connectivity index (χ2n) is 11.5. The highest BCUT2D eigenvalue weighted by Crippen LogP contribution is 2.55. The molecule has 0 radical (unpaired) electrons. The standard InChI is InChI=1S/C31H17BrF14N4O3/c32-19-11-16(27(34,30(41,42)43)31(44,45)46)10-18(28(35,36)37)22(19)47-24(51)17-2-1-3-20(21(17)33)50(12-13-4-5-13)25(52)15-8-6-14(7-9-15)23-48-26(53-49-23)29(38,39)40/h1-3,6-11,13H,4-5,12H2,(H,47,51). The fourth-order valence-corrected chi connectivity index (χ4v) is 5.51. The molecule has 1 saturated carbocycles. The number of carbonyl (C=O) groups is 2. The van der Waals surface area contributed by atoms with Crippen LogP contribution in [-0.2, 0) is 18.0 Å². The van der Waals surface area contributed by atoms with Crippen LogP contribution in [0.3, 0.4) is 0 Å². The molecule has 0 saturated heterocycles. The Morgan fingerprint density at radius 3 is 1.96 bits per heavy atom. The number of aromatic nitrogens is 2. The quantitative estimate of drug-likeness (QED) is 0.179. The first-order chi connectivity index (χ1) is 24.3. The summed E-state index contributed by atoms with van der Waals surface area (Å²) < 4.78 is 194. The van der Waals surface area contributed by atoms with Crippen molar-refractivity contribution >= 4 is 39.1 Å². The number of nitrogens with zero attached hydrogens (tertiary/aromatic N) is 3. The molecule has 0 atom stereocenters. The van der Waals surface area contributed by atoms with Crippen LogP contribution in [0.2, 0.25) is 0 Å². The number of anilines is 2. The zero-order chi connectivity index (χ0) is 39.5. The molecule has 1 aromatic heterocycles. The minimum Gasteiger partial charge on any atom is -0.329 e. The van der Waals surface area contributed by atoms with Gasteiger partial charge >= 0.3 is 36.3 Å². The van der Waals surface area contributed by atoms with E-state index in [9.17, 15) is 66.7 Å². The van der Waals surface area contributed by atoms with Crippen molar-refractivity contribution in [1.82, 2.24) is 10.1 Å². The molecule has 1 fully saturated rings. The summed E-state index contributed by atoms with van der Waals surface area (Å²) in [4.78, 5) is 30.9. The van der Waals surface area contributed by atoms with Gasteiger partial charge in [-0.25, -0.2) is 8.78 Å². The minimum atomic E-state index is -6.78. The number of hydrogen-bond acceptors (Lipinski definition) is 5. The summed E-state index contributed by atoms with van der Waals surface area (Å²) in [6.07, 6.45) is -23.1. The van der Waals surface area contributed by atoms with E-state index in [0.717, 1.165) is 47.4 Å². The Kier molecular flexibility index (Phi) is 10.1. The molecule has 2 amide bonds. The molecular weight excluding hydrogens is 822 g/mol. The van der Waals surface area contributed by atoms with Crippen LogP contribution >= 0.6 is 15.9 Å². The Hall–Kier alpha value is -4.76. The number of nitrogens with one attached hydrogen (secondary N) is 1. The lowest BCUT2D eigenvalue weighted by Gasteiger charge is -2.31. The molecule has 0 spiro atoms. The van der Waals surface area contributed by atoms with Gasteiger partial charge in [-0.05, 0) is 71.1 Å². The van der Waals surface area contributed by atoms with Gasteiger partial charge in [-0.2, -0.15) is 57.7 Å². The van der Waals surface area contributed by atoms with Crippen molar-refractivity contribution in [2.24, 2.45) is 5.92 Å². The lowest BCUT2D eigenvalue weighted by atomic mass is 9.92. The fourth-order valence-electron chi connectivity index (χ4n) is 4.95. The molecule has 0 aliphatic heterocycles. The summed E-state index contributed by atoms with van der Waals surface area (Å²) in [5.41, 5.74) is -14.4. The average molecular weight is 839 g/mol. The van der Waals surface area contributed by atoms with Crippen molar-refractivity contribution in [1.29, 1.82) is 0 Å². The Balaban J connectivity index is 1.48. The van der Waals surface area contributed by atoms with Gasteiger partial charge in [-0.1, -0.05) is 23.4 Å². The van der Waals surface area contributed by atoms with Gasteiger partial charge in [0.25, 0.3) is 11.8 Å². The number of rotatable bonds is 8. The van der Waals surface area contributed by atoms with Gasteiger partial charge in [-0.3, -0.25) is 9.59 Å². The van der Waals surface area contributed by atoms with E-state index < -0.39 is 98.3 Å². The molecule has 1 aliphatic rings. The maximum atomic E-state index is 16.0. The average Bonchev–Trinajstić information content (AvgIpc) is 3.72. The molecule has 1 aliphatic carbocycles. The van der Waals surface area contributed by atoms with E-state index in [-0.39, 0.29) is 29.7 Å². The van der Waals surface area contributed by atoms with E-state index in [0.29, 0.717) is 12.8 Å². The number of benzene rings is 3. The van der Waals surface area contributed by atoms with Gasteiger partial charge in [0.15, 0.2) is 5.82 Å². The molecule has 53 heavy (non-hydrogen) atoms. The number of amides is 2. The smallest absolute Gasteiger partial charge is 0.329 e. The first kappa shape index (κ1) is 39.4. The van der Waals surface area contributed by atoms with E-state index in [4.69, 9.17) is 0 Å². The SMILES string of the molecule is O=C(Nc1c(Br)cc(C(F)(C(F)(F)F)C(F)(F)F)cc1C(F)(F)F)c1cccc(N(CC2CC2)C(=O)c2ccc(-c3noc(C(F)(F)F)n3)cc2)c1F. The van der Waals surface area contributed by atoms with Crippen LogP contribution in [0, 0.1) is 11.7 Å². The van der Waals surface area contributed by atoms with Crippen molar-refractivity contribution in [3.05, 3.63) is 93.0 Å². The highest BCUT2D eigenvalue weighted by atomic mass is 79.9. The first-order valence-corrected chi connectivity index (χ1v) is 15.3. The van der Waals surface area contributed by atoms with E-state index in [1.54, 1.807) is 5.32 Å². The van der Waals surface area contributed by atoms with Gasteiger partial charge in [0.2, 0.25) is 5.82 Å².